The molecular formula is C25H31ClN4O3. The molecule has 0 bridgehead atoms. The number of hydrogen-bond donors (Lipinski definition) is 2. The summed E-state index contributed by atoms with van der Waals surface area (Å²) < 4.78 is 5.39. The maximum atomic E-state index is 13.2. The number of alkyl halides is 1. The number of hydrogen-bond acceptors (Lipinski definition) is 5. The Morgan fingerprint density at radius 2 is 1.85 bits per heavy atom. The first kappa shape index (κ1) is 23.5. The topological polar surface area (TPSA) is 73.9 Å². The first-order chi connectivity index (χ1) is 16.0. The fraction of sp³-hybridized carbons (Fsp3) is 0.440. The third-order valence-corrected chi connectivity index (χ3v) is 6.36. The first-order valence-corrected chi connectivity index (χ1v) is 11.9. The predicted molar refractivity (Wildman–Crippen MR) is 131 cm³/mol. The summed E-state index contributed by atoms with van der Waals surface area (Å²) in [7, 11) is 0. The van der Waals surface area contributed by atoms with E-state index < -0.39 is 5.38 Å². The van der Waals surface area contributed by atoms with Gasteiger partial charge in [0.2, 0.25) is 5.91 Å². The number of nitrogens with one attached hydrogen (secondary N) is 2. The van der Waals surface area contributed by atoms with Gasteiger partial charge >= 0.3 is 0 Å². The van der Waals surface area contributed by atoms with E-state index in [4.69, 9.17) is 16.3 Å². The van der Waals surface area contributed by atoms with Gasteiger partial charge in [0.05, 0.1) is 18.8 Å². The summed E-state index contributed by atoms with van der Waals surface area (Å²) in [4.78, 5) is 29.9. The molecule has 176 valence electrons. The van der Waals surface area contributed by atoms with Crippen LogP contribution in [0.4, 0.5) is 11.4 Å². The lowest BCUT2D eigenvalue weighted by Gasteiger charge is -2.32. The van der Waals surface area contributed by atoms with Crippen LogP contribution in [0.25, 0.3) is 0 Å². The Bertz CT molecular complexity index is 991. The summed E-state index contributed by atoms with van der Waals surface area (Å²) in [5.74, 6) is -0.442. The van der Waals surface area contributed by atoms with Gasteiger partial charge in [-0.3, -0.25) is 14.5 Å². The number of benzene rings is 2. The summed E-state index contributed by atoms with van der Waals surface area (Å²) in [6.45, 7) is 7.75. The van der Waals surface area contributed by atoms with Crippen LogP contribution in [0, 0.1) is 0 Å². The van der Waals surface area contributed by atoms with E-state index >= 15 is 0 Å². The predicted octanol–water partition coefficient (Wildman–Crippen LogP) is 2.88. The van der Waals surface area contributed by atoms with Crippen LogP contribution >= 0.6 is 11.6 Å². The largest absolute Gasteiger partial charge is 0.379 e. The van der Waals surface area contributed by atoms with Crippen molar-refractivity contribution >= 4 is 34.8 Å². The highest BCUT2D eigenvalue weighted by atomic mass is 35.5. The van der Waals surface area contributed by atoms with Gasteiger partial charge in [0.1, 0.15) is 5.38 Å². The zero-order chi connectivity index (χ0) is 23.2. The Labute approximate surface area is 200 Å². The lowest BCUT2D eigenvalue weighted by atomic mass is 9.98. The van der Waals surface area contributed by atoms with Gasteiger partial charge in [-0.15, -0.1) is 11.6 Å². The second-order valence-electron chi connectivity index (χ2n) is 8.49. The molecule has 4 rings (SSSR count). The fourth-order valence-electron chi connectivity index (χ4n) is 4.26. The van der Waals surface area contributed by atoms with Crippen molar-refractivity contribution < 1.29 is 14.3 Å². The molecule has 2 aromatic rings. The standard InChI is InChI=1S/C25H31ClN4O3/c1-18(26)24(31)28-21-6-7-23(30-10-8-19-4-2-3-5-20(19)17-30)22(16-21)25(32)27-9-11-29-12-14-33-15-13-29/h2-7,16,18H,8-15,17H2,1H3,(H,27,32)(H,28,31). The molecule has 1 unspecified atom stereocenters. The molecule has 0 radical (unpaired) electrons. The van der Waals surface area contributed by atoms with Gasteiger partial charge in [-0.1, -0.05) is 24.3 Å². The van der Waals surface area contributed by atoms with Crippen LogP contribution in [-0.4, -0.2) is 68.0 Å². The first-order valence-electron chi connectivity index (χ1n) is 11.5. The summed E-state index contributed by atoms with van der Waals surface area (Å²) >= 11 is 5.91. The highest BCUT2D eigenvalue weighted by Crippen LogP contribution is 2.29. The molecule has 0 spiro atoms. The van der Waals surface area contributed by atoms with Crippen LogP contribution in [0.3, 0.4) is 0 Å². The zero-order valence-corrected chi connectivity index (χ0v) is 19.7. The lowest BCUT2D eigenvalue weighted by Crippen LogP contribution is -2.41. The number of carbonyl (C=O) groups is 2. The molecule has 2 N–H and O–H groups in total. The average Bonchev–Trinajstić information content (AvgIpc) is 2.84. The number of nitrogens with zero attached hydrogens (tertiary/aromatic N) is 2. The summed E-state index contributed by atoms with van der Waals surface area (Å²) in [5.41, 5.74) is 4.61. The number of carbonyl (C=O) groups excluding carboxylic acids is 2. The number of halogens is 1. The Kier molecular flexibility index (Phi) is 7.85. The van der Waals surface area contributed by atoms with Crippen molar-refractivity contribution in [2.24, 2.45) is 0 Å². The monoisotopic (exact) mass is 470 g/mol. The third-order valence-electron chi connectivity index (χ3n) is 6.16. The van der Waals surface area contributed by atoms with Crippen LogP contribution < -0.4 is 15.5 Å². The van der Waals surface area contributed by atoms with Gasteiger partial charge < -0.3 is 20.3 Å². The van der Waals surface area contributed by atoms with E-state index in [1.807, 2.05) is 18.2 Å². The van der Waals surface area contributed by atoms with E-state index in [9.17, 15) is 9.59 Å². The van der Waals surface area contributed by atoms with Crippen LogP contribution in [0.1, 0.15) is 28.4 Å². The average molecular weight is 471 g/mol. The number of ether oxygens (including phenoxy) is 1. The minimum atomic E-state index is -0.658. The quantitative estimate of drug-likeness (QED) is 0.609. The highest BCUT2D eigenvalue weighted by molar-refractivity contribution is 6.32. The molecular weight excluding hydrogens is 440 g/mol. The van der Waals surface area contributed by atoms with E-state index in [1.54, 1.807) is 13.0 Å². The van der Waals surface area contributed by atoms with Crippen molar-refractivity contribution in [1.82, 2.24) is 10.2 Å². The Morgan fingerprint density at radius 3 is 2.61 bits per heavy atom. The summed E-state index contributed by atoms with van der Waals surface area (Å²) in [5, 5.41) is 5.20. The van der Waals surface area contributed by atoms with Crippen LogP contribution in [0.15, 0.2) is 42.5 Å². The molecule has 2 aliphatic heterocycles. The van der Waals surface area contributed by atoms with Crippen molar-refractivity contribution in [3.8, 4) is 0 Å². The molecule has 0 saturated carbocycles. The van der Waals surface area contributed by atoms with Crippen molar-refractivity contribution in [2.45, 2.75) is 25.3 Å². The van der Waals surface area contributed by atoms with Crippen molar-refractivity contribution in [1.29, 1.82) is 0 Å². The molecule has 0 aromatic heterocycles. The molecule has 33 heavy (non-hydrogen) atoms. The third kappa shape index (κ3) is 6.05. The molecule has 2 heterocycles. The zero-order valence-electron chi connectivity index (χ0n) is 19.0. The molecule has 2 amide bonds. The van der Waals surface area contributed by atoms with Crippen LogP contribution in [0.2, 0.25) is 0 Å². The second-order valence-corrected chi connectivity index (χ2v) is 9.14. The number of morpholine rings is 1. The minimum Gasteiger partial charge on any atom is -0.379 e. The van der Waals surface area contributed by atoms with Crippen molar-refractivity contribution in [2.75, 3.05) is 56.2 Å². The van der Waals surface area contributed by atoms with Gasteiger partial charge in [-0.25, -0.2) is 0 Å². The van der Waals surface area contributed by atoms with E-state index in [2.05, 4.69) is 38.6 Å². The number of rotatable bonds is 7. The number of amides is 2. The Balaban J connectivity index is 1.52. The summed E-state index contributed by atoms with van der Waals surface area (Å²) in [6, 6.07) is 13.9. The van der Waals surface area contributed by atoms with Crippen LogP contribution in [0.5, 0.6) is 0 Å². The maximum Gasteiger partial charge on any atom is 0.253 e. The maximum absolute atomic E-state index is 13.2. The number of anilines is 2. The molecule has 1 fully saturated rings. The van der Waals surface area contributed by atoms with E-state index in [-0.39, 0.29) is 11.8 Å². The van der Waals surface area contributed by atoms with Gasteiger partial charge in [-0.05, 0) is 42.7 Å². The smallest absolute Gasteiger partial charge is 0.253 e. The number of fused-ring (bicyclic) bond motifs is 1. The fourth-order valence-corrected chi connectivity index (χ4v) is 4.32. The van der Waals surface area contributed by atoms with Gasteiger partial charge in [0.15, 0.2) is 0 Å². The molecule has 8 heteroatoms. The highest BCUT2D eigenvalue weighted by Gasteiger charge is 2.22. The molecule has 7 nitrogen and oxygen atoms in total. The SMILES string of the molecule is CC(Cl)C(=O)Nc1ccc(N2CCc3ccccc3C2)c(C(=O)NCCN2CCOCC2)c1. The van der Waals surface area contributed by atoms with Crippen molar-refractivity contribution in [3.05, 3.63) is 59.2 Å². The van der Waals surface area contributed by atoms with Crippen molar-refractivity contribution in [3.63, 3.8) is 0 Å². The Morgan fingerprint density at radius 1 is 1.09 bits per heavy atom. The molecule has 1 saturated heterocycles. The van der Waals surface area contributed by atoms with Crippen LogP contribution in [-0.2, 0) is 22.5 Å². The summed E-state index contributed by atoms with van der Waals surface area (Å²) in [6.07, 6.45) is 0.927. The van der Waals surface area contributed by atoms with Gasteiger partial charge in [-0.2, -0.15) is 0 Å². The van der Waals surface area contributed by atoms with Gasteiger partial charge in [0, 0.05) is 50.6 Å². The second kappa shape index (κ2) is 11.0. The lowest BCUT2D eigenvalue weighted by molar-refractivity contribution is -0.115. The Hall–Kier alpha value is -2.61. The molecule has 0 aliphatic carbocycles. The van der Waals surface area contributed by atoms with E-state index in [0.29, 0.717) is 17.8 Å². The molecule has 2 aromatic carbocycles. The molecule has 2 aliphatic rings. The minimum absolute atomic E-state index is 0.146. The normalized spacial score (nSPS) is 17.2. The molecule has 1 atom stereocenters. The van der Waals surface area contributed by atoms with E-state index in [0.717, 1.165) is 58.0 Å². The van der Waals surface area contributed by atoms with Gasteiger partial charge in [0.25, 0.3) is 5.91 Å². The van der Waals surface area contributed by atoms with E-state index in [1.165, 1.54) is 11.1 Å².